The molecule has 15 heavy (non-hydrogen) atoms. The monoisotopic (exact) mass is 302 g/mol. The average molecular weight is 303 g/mol. The lowest BCUT2D eigenvalue weighted by atomic mass is 10.4. The summed E-state index contributed by atoms with van der Waals surface area (Å²) in [5.41, 5.74) is 1.13. The molecule has 1 N–H and O–H groups in total. The number of thiophene rings is 1. The van der Waals surface area contributed by atoms with Gasteiger partial charge in [0.1, 0.15) is 5.01 Å². The third kappa shape index (κ3) is 2.47. The topological polar surface area (TPSA) is 24.9 Å². The van der Waals surface area contributed by atoms with Crippen molar-refractivity contribution in [3.63, 3.8) is 0 Å². The van der Waals surface area contributed by atoms with E-state index in [9.17, 15) is 0 Å². The minimum absolute atomic E-state index is 0.899. The molecule has 0 fully saturated rings. The van der Waals surface area contributed by atoms with Gasteiger partial charge in [0.15, 0.2) is 0 Å². The first-order chi connectivity index (χ1) is 7.20. The highest BCUT2D eigenvalue weighted by atomic mass is 79.9. The highest BCUT2D eigenvalue weighted by Crippen LogP contribution is 2.33. The maximum Gasteiger partial charge on any atom is 0.133 e. The highest BCUT2D eigenvalue weighted by Gasteiger charge is 2.10. The van der Waals surface area contributed by atoms with Crippen molar-refractivity contribution in [1.82, 2.24) is 10.3 Å². The minimum atomic E-state index is 0.899. The van der Waals surface area contributed by atoms with Gasteiger partial charge in [0.2, 0.25) is 0 Å². The van der Waals surface area contributed by atoms with E-state index in [2.05, 4.69) is 44.6 Å². The predicted octanol–water partition coefficient (Wildman–Crippen LogP) is 3.66. The molecule has 2 aromatic rings. The number of hydrogen-bond donors (Lipinski definition) is 1. The lowest BCUT2D eigenvalue weighted by molar-refractivity contribution is 0.823. The van der Waals surface area contributed by atoms with E-state index in [1.54, 1.807) is 22.7 Å². The molecule has 0 spiro atoms. The number of aryl methyl sites for hydroxylation is 1. The van der Waals surface area contributed by atoms with E-state index >= 15 is 0 Å². The lowest BCUT2D eigenvalue weighted by Crippen LogP contribution is -2.04. The van der Waals surface area contributed by atoms with Gasteiger partial charge >= 0.3 is 0 Å². The zero-order valence-electron chi connectivity index (χ0n) is 8.50. The third-order valence-corrected chi connectivity index (χ3v) is 5.03. The van der Waals surface area contributed by atoms with E-state index in [-0.39, 0.29) is 0 Å². The summed E-state index contributed by atoms with van der Waals surface area (Å²) in [6.45, 7) is 2.96. The van der Waals surface area contributed by atoms with Crippen molar-refractivity contribution in [1.29, 1.82) is 0 Å². The molecule has 0 unspecified atom stereocenters. The quantitative estimate of drug-likeness (QED) is 0.936. The molecule has 80 valence electrons. The van der Waals surface area contributed by atoms with Crippen LogP contribution in [-0.2, 0) is 6.54 Å². The lowest BCUT2D eigenvalue weighted by Gasteiger charge is -1.93. The van der Waals surface area contributed by atoms with Crippen molar-refractivity contribution in [2.75, 3.05) is 7.05 Å². The Labute approximate surface area is 106 Å². The molecule has 2 rings (SSSR count). The van der Waals surface area contributed by atoms with E-state index in [1.807, 2.05) is 7.05 Å². The number of hydrogen-bond acceptors (Lipinski definition) is 4. The number of nitrogens with zero attached hydrogens (tertiary/aromatic N) is 1. The Balaban J connectivity index is 2.33. The first kappa shape index (κ1) is 11.3. The Morgan fingerprint density at radius 3 is 2.93 bits per heavy atom. The SMILES string of the molecule is CNCc1sc(-c2cc(Br)cs2)nc1C. The van der Waals surface area contributed by atoms with E-state index in [4.69, 9.17) is 0 Å². The number of nitrogens with one attached hydrogen (secondary N) is 1. The summed E-state index contributed by atoms with van der Waals surface area (Å²) in [6, 6.07) is 2.12. The van der Waals surface area contributed by atoms with Crippen LogP contribution in [0.1, 0.15) is 10.6 Å². The Kier molecular flexibility index (Phi) is 3.56. The van der Waals surface area contributed by atoms with Crippen LogP contribution in [-0.4, -0.2) is 12.0 Å². The van der Waals surface area contributed by atoms with E-state index in [0.29, 0.717) is 0 Å². The molecule has 2 nitrogen and oxygen atoms in total. The van der Waals surface area contributed by atoms with Crippen LogP contribution < -0.4 is 5.32 Å². The summed E-state index contributed by atoms with van der Waals surface area (Å²) in [5, 5.41) is 6.37. The van der Waals surface area contributed by atoms with Crippen molar-refractivity contribution in [2.24, 2.45) is 0 Å². The van der Waals surface area contributed by atoms with Crippen molar-refractivity contribution >= 4 is 38.6 Å². The molecule has 0 saturated heterocycles. The summed E-state index contributed by atoms with van der Waals surface area (Å²) in [4.78, 5) is 7.13. The molecule has 0 aromatic carbocycles. The maximum atomic E-state index is 4.58. The molecular formula is C10H11BrN2S2. The largest absolute Gasteiger partial charge is 0.315 e. The third-order valence-electron chi connectivity index (χ3n) is 2.01. The van der Waals surface area contributed by atoms with Crippen LogP contribution in [0.2, 0.25) is 0 Å². The molecule has 0 saturated carbocycles. The van der Waals surface area contributed by atoms with Gasteiger partial charge in [0.25, 0.3) is 0 Å². The first-order valence-electron chi connectivity index (χ1n) is 4.56. The van der Waals surface area contributed by atoms with Gasteiger partial charge in [-0.1, -0.05) is 0 Å². The Hall–Kier alpha value is -0.230. The van der Waals surface area contributed by atoms with Gasteiger partial charge in [-0.2, -0.15) is 0 Å². The maximum absolute atomic E-state index is 4.58. The van der Waals surface area contributed by atoms with Crippen LogP contribution in [0.15, 0.2) is 15.9 Å². The number of thiazole rings is 1. The second-order valence-electron chi connectivity index (χ2n) is 3.19. The molecule has 0 atom stereocenters. The number of halogens is 1. The van der Waals surface area contributed by atoms with Crippen LogP contribution in [0.3, 0.4) is 0 Å². The van der Waals surface area contributed by atoms with Gasteiger partial charge < -0.3 is 5.32 Å². The fourth-order valence-electron chi connectivity index (χ4n) is 1.28. The van der Waals surface area contributed by atoms with Gasteiger partial charge in [0, 0.05) is 21.3 Å². The molecule has 0 aliphatic carbocycles. The molecule has 5 heteroatoms. The zero-order valence-corrected chi connectivity index (χ0v) is 11.7. The Morgan fingerprint density at radius 2 is 2.33 bits per heavy atom. The fraction of sp³-hybridized carbons (Fsp3) is 0.300. The smallest absolute Gasteiger partial charge is 0.133 e. The van der Waals surface area contributed by atoms with Crippen LogP contribution in [0.5, 0.6) is 0 Å². The van der Waals surface area contributed by atoms with Crippen LogP contribution in [0, 0.1) is 6.92 Å². The fourth-order valence-corrected chi connectivity index (χ4v) is 3.85. The summed E-state index contributed by atoms with van der Waals surface area (Å²) in [5.74, 6) is 0. The van der Waals surface area contributed by atoms with Gasteiger partial charge in [-0.05, 0) is 36.0 Å². The minimum Gasteiger partial charge on any atom is -0.315 e. The van der Waals surface area contributed by atoms with Crippen LogP contribution >= 0.6 is 38.6 Å². The summed E-state index contributed by atoms with van der Waals surface area (Å²) >= 11 is 6.95. The molecule has 0 aliphatic rings. The van der Waals surface area contributed by atoms with Crippen LogP contribution in [0.4, 0.5) is 0 Å². The summed E-state index contributed by atoms with van der Waals surface area (Å²) < 4.78 is 1.13. The summed E-state index contributed by atoms with van der Waals surface area (Å²) in [7, 11) is 1.96. The summed E-state index contributed by atoms with van der Waals surface area (Å²) in [6.07, 6.45) is 0. The van der Waals surface area contributed by atoms with E-state index in [0.717, 1.165) is 21.7 Å². The van der Waals surface area contributed by atoms with Crippen molar-refractivity contribution in [3.05, 3.63) is 26.5 Å². The second-order valence-corrected chi connectivity index (χ2v) is 6.10. The van der Waals surface area contributed by atoms with Crippen LogP contribution in [0.25, 0.3) is 9.88 Å². The molecule has 2 heterocycles. The number of rotatable bonds is 3. The van der Waals surface area contributed by atoms with Gasteiger partial charge in [-0.15, -0.1) is 22.7 Å². The molecule has 0 radical (unpaired) electrons. The molecular weight excluding hydrogens is 292 g/mol. The van der Waals surface area contributed by atoms with E-state index in [1.165, 1.54) is 9.75 Å². The Bertz CT molecular complexity index is 462. The van der Waals surface area contributed by atoms with Gasteiger partial charge in [0.05, 0.1) is 10.6 Å². The zero-order chi connectivity index (χ0) is 10.8. The Morgan fingerprint density at radius 1 is 1.53 bits per heavy atom. The molecule has 2 aromatic heterocycles. The van der Waals surface area contributed by atoms with E-state index < -0.39 is 0 Å². The molecule has 0 bridgehead atoms. The first-order valence-corrected chi connectivity index (χ1v) is 7.05. The predicted molar refractivity (Wildman–Crippen MR) is 70.6 cm³/mol. The highest BCUT2D eigenvalue weighted by molar-refractivity contribution is 9.10. The average Bonchev–Trinajstić information content (AvgIpc) is 2.75. The number of aromatic nitrogens is 1. The normalized spacial score (nSPS) is 10.9. The molecule has 0 aliphatic heterocycles. The molecule has 0 amide bonds. The van der Waals surface area contributed by atoms with Crippen molar-refractivity contribution in [2.45, 2.75) is 13.5 Å². The standard InChI is InChI=1S/C10H11BrN2S2/c1-6-9(4-12-2)15-10(13-6)8-3-7(11)5-14-8/h3,5,12H,4H2,1-2H3. The van der Waals surface area contributed by atoms with Gasteiger partial charge in [-0.25, -0.2) is 4.98 Å². The van der Waals surface area contributed by atoms with Crippen molar-refractivity contribution in [3.8, 4) is 9.88 Å². The second kappa shape index (κ2) is 4.74. The van der Waals surface area contributed by atoms with Gasteiger partial charge in [-0.3, -0.25) is 0 Å². The van der Waals surface area contributed by atoms with Crippen molar-refractivity contribution < 1.29 is 0 Å².